The van der Waals surface area contributed by atoms with E-state index in [1.165, 1.54) is 37.7 Å². The van der Waals surface area contributed by atoms with Crippen molar-refractivity contribution in [3.8, 4) is 0 Å². The Hall–Kier alpha value is -0.530. The molecule has 1 saturated heterocycles. The maximum absolute atomic E-state index is 6.28. The molecule has 1 heterocycles. The van der Waals surface area contributed by atoms with Gasteiger partial charge in [-0.1, -0.05) is 49.6 Å². The molecule has 1 unspecified atom stereocenters. The van der Waals surface area contributed by atoms with E-state index >= 15 is 0 Å². The maximum atomic E-state index is 6.28. The highest BCUT2D eigenvalue weighted by molar-refractivity contribution is 6.31. The molecule has 1 atom stereocenters. The van der Waals surface area contributed by atoms with Crippen LogP contribution in [0.25, 0.3) is 0 Å². The van der Waals surface area contributed by atoms with Crippen LogP contribution in [-0.2, 0) is 6.42 Å². The van der Waals surface area contributed by atoms with Crippen LogP contribution < -0.4 is 5.32 Å². The molecular weight excluding hydrogens is 230 g/mol. The Kier molecular flexibility index (Phi) is 4.47. The predicted octanol–water partition coefficient (Wildman–Crippen LogP) is 4.19. The molecule has 0 radical (unpaired) electrons. The lowest BCUT2D eigenvalue weighted by atomic mass is 9.84. The van der Waals surface area contributed by atoms with Crippen molar-refractivity contribution in [1.82, 2.24) is 5.32 Å². The fourth-order valence-corrected chi connectivity index (χ4v) is 2.99. The minimum atomic E-state index is 0.265. The summed E-state index contributed by atoms with van der Waals surface area (Å²) in [6.45, 7) is 3.44. The van der Waals surface area contributed by atoms with Gasteiger partial charge in [0.2, 0.25) is 0 Å². The first kappa shape index (κ1) is 12.9. The van der Waals surface area contributed by atoms with Gasteiger partial charge in [0.25, 0.3) is 0 Å². The molecule has 0 aromatic heterocycles. The zero-order valence-electron chi connectivity index (χ0n) is 10.6. The number of nitrogens with one attached hydrogen (secondary N) is 1. The van der Waals surface area contributed by atoms with Crippen molar-refractivity contribution in [1.29, 1.82) is 0 Å². The van der Waals surface area contributed by atoms with E-state index in [0.717, 1.165) is 18.0 Å². The molecule has 0 amide bonds. The van der Waals surface area contributed by atoms with Gasteiger partial charge in [-0.2, -0.15) is 0 Å². The lowest BCUT2D eigenvalue weighted by Gasteiger charge is -2.33. The van der Waals surface area contributed by atoms with Crippen LogP contribution in [0.15, 0.2) is 24.3 Å². The predicted molar refractivity (Wildman–Crippen MR) is 74.6 cm³/mol. The van der Waals surface area contributed by atoms with Gasteiger partial charge < -0.3 is 5.32 Å². The summed E-state index contributed by atoms with van der Waals surface area (Å²) in [6, 6.07) is 8.25. The minimum Gasteiger partial charge on any atom is -0.311 e. The van der Waals surface area contributed by atoms with Crippen molar-refractivity contribution >= 4 is 11.6 Å². The van der Waals surface area contributed by atoms with Crippen LogP contribution in [0.3, 0.4) is 0 Å². The monoisotopic (exact) mass is 251 g/mol. The number of hydrogen-bond acceptors (Lipinski definition) is 1. The van der Waals surface area contributed by atoms with E-state index < -0.39 is 0 Å². The van der Waals surface area contributed by atoms with Crippen molar-refractivity contribution in [3.63, 3.8) is 0 Å². The van der Waals surface area contributed by atoms with Crippen molar-refractivity contribution in [3.05, 3.63) is 34.9 Å². The molecule has 1 aromatic rings. The van der Waals surface area contributed by atoms with Crippen LogP contribution in [0.1, 0.15) is 44.6 Å². The Labute approximate surface area is 110 Å². The molecule has 1 nitrogen and oxygen atoms in total. The molecule has 1 aliphatic rings. The Morgan fingerprint density at radius 2 is 2.06 bits per heavy atom. The number of rotatable bonds is 3. The van der Waals surface area contributed by atoms with Crippen molar-refractivity contribution in [2.24, 2.45) is 0 Å². The Morgan fingerprint density at radius 3 is 2.82 bits per heavy atom. The first-order valence-corrected chi connectivity index (χ1v) is 7.12. The highest BCUT2D eigenvalue weighted by Crippen LogP contribution is 2.29. The van der Waals surface area contributed by atoms with Crippen molar-refractivity contribution in [2.75, 3.05) is 6.54 Å². The largest absolute Gasteiger partial charge is 0.311 e. The first-order valence-electron chi connectivity index (χ1n) is 6.74. The van der Waals surface area contributed by atoms with E-state index in [9.17, 15) is 0 Å². The minimum absolute atomic E-state index is 0.265. The average molecular weight is 252 g/mol. The van der Waals surface area contributed by atoms with Gasteiger partial charge in [0.05, 0.1) is 0 Å². The highest BCUT2D eigenvalue weighted by atomic mass is 35.5. The second-order valence-electron chi connectivity index (χ2n) is 5.14. The summed E-state index contributed by atoms with van der Waals surface area (Å²) >= 11 is 6.28. The van der Waals surface area contributed by atoms with Gasteiger partial charge in [-0.25, -0.2) is 0 Å². The molecule has 94 valence electrons. The SMILES string of the molecule is CCC1(Cc2ccccc2Cl)CCCCCN1. The van der Waals surface area contributed by atoms with Gasteiger partial charge in [-0.05, 0) is 43.9 Å². The van der Waals surface area contributed by atoms with E-state index in [4.69, 9.17) is 11.6 Å². The summed E-state index contributed by atoms with van der Waals surface area (Å²) in [4.78, 5) is 0. The first-order chi connectivity index (χ1) is 8.26. The third-order valence-electron chi connectivity index (χ3n) is 4.00. The second-order valence-corrected chi connectivity index (χ2v) is 5.55. The molecule has 2 rings (SSSR count). The maximum Gasteiger partial charge on any atom is 0.0438 e. The van der Waals surface area contributed by atoms with Crippen molar-refractivity contribution in [2.45, 2.75) is 51.0 Å². The van der Waals surface area contributed by atoms with Gasteiger partial charge in [0.1, 0.15) is 0 Å². The van der Waals surface area contributed by atoms with Crippen LogP contribution in [0.4, 0.5) is 0 Å². The van der Waals surface area contributed by atoms with Crippen LogP contribution in [0.5, 0.6) is 0 Å². The van der Waals surface area contributed by atoms with Gasteiger partial charge in [-0.15, -0.1) is 0 Å². The van der Waals surface area contributed by atoms with E-state index in [0.29, 0.717) is 0 Å². The van der Waals surface area contributed by atoms with Gasteiger partial charge in [0, 0.05) is 10.6 Å². The van der Waals surface area contributed by atoms with Crippen LogP contribution in [0.2, 0.25) is 5.02 Å². The summed E-state index contributed by atoms with van der Waals surface area (Å²) in [6.07, 6.45) is 7.52. The summed E-state index contributed by atoms with van der Waals surface area (Å²) in [5, 5.41) is 4.67. The smallest absolute Gasteiger partial charge is 0.0438 e. The molecular formula is C15H22ClN. The molecule has 0 spiro atoms. The molecule has 0 aliphatic carbocycles. The zero-order chi connectivity index (χ0) is 12.1. The van der Waals surface area contributed by atoms with E-state index in [1.807, 2.05) is 12.1 Å². The molecule has 17 heavy (non-hydrogen) atoms. The number of hydrogen-bond donors (Lipinski definition) is 1. The topological polar surface area (TPSA) is 12.0 Å². The Bertz CT molecular complexity index is 354. The average Bonchev–Trinajstić information content (AvgIpc) is 2.58. The second kappa shape index (κ2) is 5.88. The molecule has 1 N–H and O–H groups in total. The quantitative estimate of drug-likeness (QED) is 0.849. The molecule has 1 aromatic carbocycles. The lowest BCUT2D eigenvalue weighted by Crippen LogP contribution is -2.46. The van der Waals surface area contributed by atoms with Gasteiger partial charge in [-0.3, -0.25) is 0 Å². The standard InChI is InChI=1S/C15H22ClN/c1-2-15(10-6-3-7-11-17-15)12-13-8-4-5-9-14(13)16/h4-5,8-9,17H,2-3,6-7,10-12H2,1H3. The Morgan fingerprint density at radius 1 is 1.24 bits per heavy atom. The zero-order valence-corrected chi connectivity index (χ0v) is 11.4. The van der Waals surface area contributed by atoms with E-state index in [2.05, 4.69) is 24.4 Å². The number of benzene rings is 1. The van der Waals surface area contributed by atoms with Crippen LogP contribution in [-0.4, -0.2) is 12.1 Å². The fourth-order valence-electron chi connectivity index (χ4n) is 2.79. The number of halogens is 1. The van der Waals surface area contributed by atoms with Gasteiger partial charge in [0.15, 0.2) is 0 Å². The normalized spacial score (nSPS) is 25.5. The Balaban J connectivity index is 2.15. The lowest BCUT2D eigenvalue weighted by molar-refractivity contribution is 0.302. The van der Waals surface area contributed by atoms with Gasteiger partial charge >= 0.3 is 0 Å². The van der Waals surface area contributed by atoms with Crippen LogP contribution in [0, 0.1) is 0 Å². The fraction of sp³-hybridized carbons (Fsp3) is 0.600. The third-order valence-corrected chi connectivity index (χ3v) is 4.36. The van der Waals surface area contributed by atoms with Crippen molar-refractivity contribution < 1.29 is 0 Å². The molecule has 0 saturated carbocycles. The van der Waals surface area contributed by atoms with E-state index in [1.54, 1.807) is 0 Å². The summed E-state index contributed by atoms with van der Waals surface area (Å²) in [5.41, 5.74) is 1.55. The summed E-state index contributed by atoms with van der Waals surface area (Å²) < 4.78 is 0. The molecule has 2 heteroatoms. The van der Waals surface area contributed by atoms with E-state index in [-0.39, 0.29) is 5.54 Å². The summed E-state index contributed by atoms with van der Waals surface area (Å²) in [7, 11) is 0. The van der Waals surface area contributed by atoms with Crippen LogP contribution >= 0.6 is 11.6 Å². The highest BCUT2D eigenvalue weighted by Gasteiger charge is 2.29. The summed E-state index contributed by atoms with van der Waals surface area (Å²) in [5.74, 6) is 0. The molecule has 0 bridgehead atoms. The third kappa shape index (κ3) is 3.23. The molecule has 1 fully saturated rings. The molecule has 1 aliphatic heterocycles.